The van der Waals surface area contributed by atoms with E-state index in [9.17, 15) is 9.59 Å². The van der Waals surface area contributed by atoms with Crippen LogP contribution in [0.3, 0.4) is 0 Å². The summed E-state index contributed by atoms with van der Waals surface area (Å²) in [5.41, 5.74) is 4.35. The van der Waals surface area contributed by atoms with Gasteiger partial charge in [0.1, 0.15) is 5.75 Å². The van der Waals surface area contributed by atoms with Gasteiger partial charge in [0.15, 0.2) is 0 Å². The van der Waals surface area contributed by atoms with Crippen LogP contribution in [-0.2, 0) is 17.9 Å². The quantitative estimate of drug-likeness (QED) is 0.496. The molecule has 0 radical (unpaired) electrons. The standard InChI is InChI=1S/C29H40N4O4/c1-20-15-25(10-7-24(20)19-33-14-13-30-21(2)18-33)32(3)28(34)23-8-11-26(12-9-23)37-27-6-4-5-22(16-27)17-31-29(35)36/h4-7,10,15-16,21,23,26,30-31H,8-9,11-14,17-19H2,1-3H3,(H,35,36)/t21-,23?,26?/m0/s1. The molecule has 2 aromatic carbocycles. The predicted molar refractivity (Wildman–Crippen MR) is 145 cm³/mol. The third-order valence-corrected chi connectivity index (χ3v) is 7.56. The number of benzene rings is 2. The summed E-state index contributed by atoms with van der Waals surface area (Å²) >= 11 is 0. The van der Waals surface area contributed by atoms with Crippen LogP contribution in [0.5, 0.6) is 5.75 Å². The molecular weight excluding hydrogens is 468 g/mol. The average molecular weight is 509 g/mol. The van der Waals surface area contributed by atoms with E-state index in [1.54, 1.807) is 0 Å². The lowest BCUT2D eigenvalue weighted by Gasteiger charge is -2.32. The van der Waals surface area contributed by atoms with Crippen LogP contribution in [0.4, 0.5) is 10.5 Å². The molecule has 4 rings (SSSR count). The summed E-state index contributed by atoms with van der Waals surface area (Å²) in [6.45, 7) is 8.69. The van der Waals surface area contributed by atoms with Crippen molar-refractivity contribution in [2.24, 2.45) is 5.92 Å². The van der Waals surface area contributed by atoms with Crippen LogP contribution >= 0.6 is 0 Å². The number of rotatable bonds is 8. The van der Waals surface area contributed by atoms with Crippen molar-refractivity contribution in [3.05, 3.63) is 59.2 Å². The molecule has 37 heavy (non-hydrogen) atoms. The minimum Gasteiger partial charge on any atom is -0.490 e. The lowest BCUT2D eigenvalue weighted by atomic mass is 9.86. The fourth-order valence-electron chi connectivity index (χ4n) is 5.39. The van der Waals surface area contributed by atoms with Crippen molar-refractivity contribution in [2.45, 2.75) is 64.8 Å². The Morgan fingerprint density at radius 3 is 2.65 bits per heavy atom. The molecule has 1 saturated carbocycles. The molecule has 0 spiro atoms. The van der Waals surface area contributed by atoms with Crippen molar-refractivity contribution in [2.75, 3.05) is 31.6 Å². The topological polar surface area (TPSA) is 94.1 Å². The van der Waals surface area contributed by atoms with Crippen molar-refractivity contribution < 1.29 is 19.4 Å². The van der Waals surface area contributed by atoms with Gasteiger partial charge < -0.3 is 25.4 Å². The smallest absolute Gasteiger partial charge is 0.404 e. The van der Waals surface area contributed by atoms with E-state index in [0.717, 1.165) is 68.9 Å². The molecule has 2 aliphatic rings. The molecule has 200 valence electrons. The molecule has 1 aliphatic carbocycles. The molecule has 0 bridgehead atoms. The molecule has 2 aromatic rings. The second-order valence-corrected chi connectivity index (χ2v) is 10.5. The minimum absolute atomic E-state index is 0.00160. The third-order valence-electron chi connectivity index (χ3n) is 7.56. The first-order valence-electron chi connectivity index (χ1n) is 13.3. The molecule has 0 aromatic heterocycles. The minimum atomic E-state index is -1.05. The normalized spacial score (nSPS) is 22.3. The largest absolute Gasteiger partial charge is 0.490 e. The first kappa shape index (κ1) is 26.9. The van der Waals surface area contributed by atoms with Gasteiger partial charge in [-0.1, -0.05) is 18.2 Å². The fraction of sp³-hybridized carbons (Fsp3) is 0.517. The number of hydrogen-bond acceptors (Lipinski definition) is 5. The monoisotopic (exact) mass is 508 g/mol. The van der Waals surface area contributed by atoms with Gasteiger partial charge in [0.2, 0.25) is 5.91 Å². The van der Waals surface area contributed by atoms with E-state index in [0.29, 0.717) is 6.04 Å². The summed E-state index contributed by atoms with van der Waals surface area (Å²) in [4.78, 5) is 28.3. The molecule has 1 atom stereocenters. The van der Waals surface area contributed by atoms with E-state index in [-0.39, 0.29) is 24.5 Å². The van der Waals surface area contributed by atoms with Crippen LogP contribution in [0, 0.1) is 12.8 Å². The average Bonchev–Trinajstić information content (AvgIpc) is 2.88. The first-order valence-corrected chi connectivity index (χ1v) is 13.3. The van der Waals surface area contributed by atoms with Crippen LogP contribution in [0.1, 0.15) is 49.3 Å². The van der Waals surface area contributed by atoms with E-state index < -0.39 is 6.09 Å². The van der Waals surface area contributed by atoms with Crippen molar-refractivity contribution in [1.29, 1.82) is 0 Å². The van der Waals surface area contributed by atoms with Crippen molar-refractivity contribution in [3.8, 4) is 5.75 Å². The maximum absolute atomic E-state index is 13.3. The number of anilines is 1. The molecule has 3 N–H and O–H groups in total. The van der Waals surface area contributed by atoms with Crippen LogP contribution in [0.15, 0.2) is 42.5 Å². The summed E-state index contributed by atoms with van der Waals surface area (Å²) in [5.74, 6) is 0.906. The highest BCUT2D eigenvalue weighted by Crippen LogP contribution is 2.31. The van der Waals surface area contributed by atoms with E-state index in [1.807, 2.05) is 36.2 Å². The summed E-state index contributed by atoms with van der Waals surface area (Å²) in [5, 5.41) is 14.7. The zero-order valence-electron chi connectivity index (χ0n) is 22.2. The van der Waals surface area contributed by atoms with Gasteiger partial charge in [-0.3, -0.25) is 9.69 Å². The predicted octanol–water partition coefficient (Wildman–Crippen LogP) is 4.16. The zero-order valence-corrected chi connectivity index (χ0v) is 22.2. The Labute approximate surface area is 220 Å². The van der Waals surface area contributed by atoms with Gasteiger partial charge in [-0.25, -0.2) is 4.79 Å². The van der Waals surface area contributed by atoms with Gasteiger partial charge in [0, 0.05) is 57.4 Å². The highest BCUT2D eigenvalue weighted by atomic mass is 16.5. The number of aryl methyl sites for hydroxylation is 1. The molecular formula is C29H40N4O4. The molecule has 0 unspecified atom stereocenters. The van der Waals surface area contributed by atoms with Crippen molar-refractivity contribution in [3.63, 3.8) is 0 Å². The summed E-state index contributed by atoms with van der Waals surface area (Å²) in [6, 6.07) is 14.4. The Morgan fingerprint density at radius 1 is 1.16 bits per heavy atom. The van der Waals surface area contributed by atoms with Gasteiger partial charge in [0.05, 0.1) is 6.10 Å². The Bertz CT molecular complexity index is 1080. The SMILES string of the molecule is Cc1cc(N(C)C(=O)C2CCC(Oc3cccc(CNC(=O)O)c3)CC2)ccc1CN1CCN[C@@H](C)C1. The number of carbonyl (C=O) groups is 2. The molecule has 1 aliphatic heterocycles. The molecule has 2 amide bonds. The van der Waals surface area contributed by atoms with Crippen LogP contribution in [0.25, 0.3) is 0 Å². The van der Waals surface area contributed by atoms with Gasteiger partial charge in [0.25, 0.3) is 0 Å². The number of amides is 2. The Hall–Kier alpha value is -3.10. The third kappa shape index (κ3) is 7.46. The molecule has 1 heterocycles. The number of ether oxygens (including phenoxy) is 1. The number of carboxylic acid groups (broad SMARTS) is 1. The number of piperazine rings is 1. The van der Waals surface area contributed by atoms with Crippen LogP contribution < -0.4 is 20.3 Å². The van der Waals surface area contributed by atoms with Crippen LogP contribution in [-0.4, -0.2) is 60.8 Å². The second kappa shape index (κ2) is 12.4. The number of hydrogen-bond donors (Lipinski definition) is 3. The van der Waals surface area contributed by atoms with E-state index in [4.69, 9.17) is 9.84 Å². The number of nitrogens with zero attached hydrogens (tertiary/aromatic N) is 2. The number of carbonyl (C=O) groups excluding carboxylic acids is 1. The highest BCUT2D eigenvalue weighted by Gasteiger charge is 2.30. The molecule has 1 saturated heterocycles. The lowest BCUT2D eigenvalue weighted by molar-refractivity contribution is -0.123. The Morgan fingerprint density at radius 2 is 1.95 bits per heavy atom. The summed E-state index contributed by atoms with van der Waals surface area (Å²) in [6.07, 6.45) is 2.26. The van der Waals surface area contributed by atoms with E-state index in [2.05, 4.69) is 47.6 Å². The lowest BCUT2D eigenvalue weighted by Crippen LogP contribution is -2.48. The van der Waals surface area contributed by atoms with E-state index in [1.165, 1.54) is 11.1 Å². The number of nitrogens with one attached hydrogen (secondary N) is 2. The Kier molecular flexibility index (Phi) is 9.05. The highest BCUT2D eigenvalue weighted by molar-refractivity contribution is 5.94. The summed E-state index contributed by atoms with van der Waals surface area (Å²) in [7, 11) is 1.88. The molecule has 8 nitrogen and oxygen atoms in total. The first-order chi connectivity index (χ1) is 17.8. The van der Waals surface area contributed by atoms with Crippen molar-refractivity contribution in [1.82, 2.24) is 15.5 Å². The maximum Gasteiger partial charge on any atom is 0.404 e. The van der Waals surface area contributed by atoms with Crippen LogP contribution in [0.2, 0.25) is 0 Å². The molecule has 2 fully saturated rings. The summed E-state index contributed by atoms with van der Waals surface area (Å²) < 4.78 is 6.17. The van der Waals surface area contributed by atoms with Gasteiger partial charge in [-0.2, -0.15) is 0 Å². The van der Waals surface area contributed by atoms with Crippen molar-refractivity contribution >= 4 is 17.7 Å². The maximum atomic E-state index is 13.3. The van der Waals surface area contributed by atoms with Gasteiger partial charge in [-0.05, 0) is 80.5 Å². The molecule has 8 heteroatoms. The Balaban J connectivity index is 1.28. The van der Waals surface area contributed by atoms with Gasteiger partial charge >= 0.3 is 6.09 Å². The van der Waals surface area contributed by atoms with Gasteiger partial charge in [-0.15, -0.1) is 0 Å². The fourth-order valence-corrected chi connectivity index (χ4v) is 5.39. The van der Waals surface area contributed by atoms with E-state index >= 15 is 0 Å². The second-order valence-electron chi connectivity index (χ2n) is 10.5. The zero-order chi connectivity index (χ0) is 26.4.